The molecule has 0 aliphatic heterocycles. The zero-order valence-electron chi connectivity index (χ0n) is 13.3. The second kappa shape index (κ2) is 7.12. The Hall–Kier alpha value is -3.22. The third-order valence-electron chi connectivity index (χ3n) is 3.46. The lowest BCUT2D eigenvalue weighted by Crippen LogP contribution is -2.13. The minimum atomic E-state index is -2.88. The molecule has 0 fully saturated rings. The molecule has 0 saturated heterocycles. The van der Waals surface area contributed by atoms with Gasteiger partial charge in [0.15, 0.2) is 5.69 Å². The van der Waals surface area contributed by atoms with E-state index in [-0.39, 0.29) is 17.4 Å². The van der Waals surface area contributed by atoms with Crippen LogP contribution in [-0.4, -0.2) is 22.3 Å². The lowest BCUT2D eigenvalue weighted by molar-refractivity contribution is -0.0498. The van der Waals surface area contributed by atoms with Crippen molar-refractivity contribution in [2.45, 2.75) is 13.5 Å². The Morgan fingerprint density at radius 3 is 2.44 bits per heavy atom. The number of aryl methyl sites for hydroxylation is 1. The first kappa shape index (κ1) is 16.6. The standard InChI is InChI=1S/C18H15F2N3O2/c1-12-11-16(22-23(12)14-5-3-2-4-6-14)17(24)21-13-7-9-15(10-8-13)25-18(19)20/h2-11,18H,1H3,(H,21,24). The molecule has 25 heavy (non-hydrogen) atoms. The van der Waals surface area contributed by atoms with E-state index >= 15 is 0 Å². The van der Waals surface area contributed by atoms with Crippen LogP contribution in [0.25, 0.3) is 5.69 Å². The highest BCUT2D eigenvalue weighted by Crippen LogP contribution is 2.19. The first-order chi connectivity index (χ1) is 12.0. The minimum absolute atomic E-state index is 0.0252. The number of carbonyl (C=O) groups excluding carboxylic acids is 1. The molecule has 128 valence electrons. The lowest BCUT2D eigenvalue weighted by Gasteiger charge is -2.06. The summed E-state index contributed by atoms with van der Waals surface area (Å²) >= 11 is 0. The van der Waals surface area contributed by atoms with Crippen LogP contribution in [0, 0.1) is 6.92 Å². The van der Waals surface area contributed by atoms with Crippen molar-refractivity contribution >= 4 is 11.6 Å². The fraction of sp³-hybridized carbons (Fsp3) is 0.111. The number of ether oxygens (including phenoxy) is 1. The summed E-state index contributed by atoms with van der Waals surface area (Å²) in [6.45, 7) is -1.03. The zero-order chi connectivity index (χ0) is 17.8. The second-order valence-corrected chi connectivity index (χ2v) is 5.28. The lowest BCUT2D eigenvalue weighted by atomic mass is 10.3. The molecule has 1 aromatic heterocycles. The summed E-state index contributed by atoms with van der Waals surface area (Å²) in [5, 5.41) is 6.99. The van der Waals surface area contributed by atoms with Gasteiger partial charge < -0.3 is 10.1 Å². The molecule has 2 aromatic carbocycles. The summed E-state index contributed by atoms with van der Waals surface area (Å²) in [5.74, 6) is -0.363. The van der Waals surface area contributed by atoms with Gasteiger partial charge in [0.05, 0.1) is 5.69 Å². The maximum Gasteiger partial charge on any atom is 0.387 e. The summed E-state index contributed by atoms with van der Waals surface area (Å²) in [7, 11) is 0. The number of rotatable bonds is 5. The van der Waals surface area contributed by atoms with E-state index in [1.54, 1.807) is 10.7 Å². The fourth-order valence-corrected chi connectivity index (χ4v) is 2.33. The van der Waals surface area contributed by atoms with Crippen LogP contribution in [0.5, 0.6) is 5.75 Å². The van der Waals surface area contributed by atoms with Crippen LogP contribution in [0.3, 0.4) is 0 Å². The Bertz CT molecular complexity index is 862. The Balaban J connectivity index is 1.74. The molecule has 7 heteroatoms. The summed E-state index contributed by atoms with van der Waals surface area (Å²) in [5.41, 5.74) is 2.39. The van der Waals surface area contributed by atoms with Gasteiger partial charge >= 0.3 is 6.61 Å². The van der Waals surface area contributed by atoms with Crippen LogP contribution in [0.1, 0.15) is 16.2 Å². The number of hydrogen-bond acceptors (Lipinski definition) is 3. The molecule has 0 radical (unpaired) electrons. The van der Waals surface area contributed by atoms with Gasteiger partial charge in [0.1, 0.15) is 5.75 Å². The highest BCUT2D eigenvalue weighted by atomic mass is 19.3. The Kier molecular flexibility index (Phi) is 4.74. The molecular weight excluding hydrogens is 328 g/mol. The molecule has 0 unspecified atom stereocenters. The highest BCUT2D eigenvalue weighted by molar-refractivity contribution is 6.03. The molecule has 0 aliphatic rings. The molecule has 5 nitrogen and oxygen atoms in total. The largest absolute Gasteiger partial charge is 0.435 e. The molecule has 3 aromatic rings. The SMILES string of the molecule is Cc1cc(C(=O)Nc2ccc(OC(F)F)cc2)nn1-c1ccccc1. The van der Waals surface area contributed by atoms with Gasteiger partial charge in [-0.25, -0.2) is 4.68 Å². The molecular formula is C18H15F2N3O2. The second-order valence-electron chi connectivity index (χ2n) is 5.28. The molecule has 3 rings (SSSR count). The molecule has 0 aliphatic carbocycles. The van der Waals surface area contributed by atoms with Crippen molar-refractivity contribution in [2.24, 2.45) is 0 Å². The van der Waals surface area contributed by atoms with Crippen molar-refractivity contribution in [3.05, 3.63) is 72.1 Å². The molecule has 0 saturated carbocycles. The average Bonchev–Trinajstić information content (AvgIpc) is 2.99. The van der Waals surface area contributed by atoms with Crippen LogP contribution in [0.15, 0.2) is 60.7 Å². The molecule has 0 bridgehead atoms. The number of benzene rings is 2. The smallest absolute Gasteiger partial charge is 0.387 e. The first-order valence-corrected chi connectivity index (χ1v) is 7.51. The maximum absolute atomic E-state index is 12.3. The van der Waals surface area contributed by atoms with Gasteiger partial charge in [0.2, 0.25) is 0 Å². The molecule has 1 amide bonds. The summed E-state index contributed by atoms with van der Waals surface area (Å²) in [6, 6.07) is 16.8. The number of nitrogens with zero attached hydrogens (tertiary/aromatic N) is 2. The number of aromatic nitrogens is 2. The van der Waals surface area contributed by atoms with Gasteiger partial charge in [0, 0.05) is 11.4 Å². The van der Waals surface area contributed by atoms with Crippen LogP contribution in [-0.2, 0) is 0 Å². The predicted octanol–water partition coefficient (Wildman–Crippen LogP) is 4.03. The van der Waals surface area contributed by atoms with Gasteiger partial charge in [-0.15, -0.1) is 0 Å². The van der Waals surface area contributed by atoms with E-state index in [4.69, 9.17) is 0 Å². The van der Waals surface area contributed by atoms with E-state index in [0.29, 0.717) is 5.69 Å². The number of hydrogen-bond donors (Lipinski definition) is 1. The molecule has 1 N–H and O–H groups in total. The third kappa shape index (κ3) is 4.00. The van der Waals surface area contributed by atoms with Gasteiger partial charge in [0.25, 0.3) is 5.91 Å². The van der Waals surface area contributed by atoms with Crippen LogP contribution >= 0.6 is 0 Å². The quantitative estimate of drug-likeness (QED) is 0.761. The zero-order valence-corrected chi connectivity index (χ0v) is 13.3. The van der Waals surface area contributed by atoms with Gasteiger partial charge in [-0.1, -0.05) is 18.2 Å². The average molecular weight is 343 g/mol. The van der Waals surface area contributed by atoms with Crippen molar-refractivity contribution in [1.82, 2.24) is 9.78 Å². The maximum atomic E-state index is 12.3. The Labute approximate surface area is 142 Å². The van der Waals surface area contributed by atoms with Crippen molar-refractivity contribution in [2.75, 3.05) is 5.32 Å². The van der Waals surface area contributed by atoms with E-state index in [1.165, 1.54) is 24.3 Å². The predicted molar refractivity (Wildman–Crippen MR) is 89.3 cm³/mol. The minimum Gasteiger partial charge on any atom is -0.435 e. The number of halogens is 2. The van der Waals surface area contributed by atoms with Gasteiger partial charge in [-0.05, 0) is 49.4 Å². The van der Waals surface area contributed by atoms with Gasteiger partial charge in [-0.3, -0.25) is 4.79 Å². The summed E-state index contributed by atoms with van der Waals surface area (Å²) in [4.78, 5) is 12.3. The summed E-state index contributed by atoms with van der Waals surface area (Å²) < 4.78 is 30.2. The van der Waals surface area contributed by atoms with E-state index < -0.39 is 6.61 Å². The van der Waals surface area contributed by atoms with E-state index in [1.807, 2.05) is 37.3 Å². The number of alkyl halides is 2. The molecule has 0 spiro atoms. The van der Waals surface area contributed by atoms with Crippen molar-refractivity contribution in [3.63, 3.8) is 0 Å². The number of carbonyl (C=O) groups is 1. The van der Waals surface area contributed by atoms with Crippen LogP contribution < -0.4 is 10.1 Å². The Morgan fingerprint density at radius 1 is 1.12 bits per heavy atom. The number of para-hydroxylation sites is 1. The first-order valence-electron chi connectivity index (χ1n) is 7.51. The van der Waals surface area contributed by atoms with E-state index in [9.17, 15) is 13.6 Å². The van der Waals surface area contributed by atoms with Gasteiger partial charge in [-0.2, -0.15) is 13.9 Å². The van der Waals surface area contributed by atoms with E-state index in [2.05, 4.69) is 15.2 Å². The van der Waals surface area contributed by atoms with Crippen LogP contribution in [0.2, 0.25) is 0 Å². The normalized spacial score (nSPS) is 10.7. The highest BCUT2D eigenvalue weighted by Gasteiger charge is 2.13. The molecule has 1 heterocycles. The number of anilines is 1. The monoisotopic (exact) mass is 343 g/mol. The molecule has 0 atom stereocenters. The number of nitrogens with one attached hydrogen (secondary N) is 1. The van der Waals surface area contributed by atoms with Crippen LogP contribution in [0.4, 0.5) is 14.5 Å². The third-order valence-corrected chi connectivity index (χ3v) is 3.46. The van der Waals surface area contributed by atoms with Crippen molar-refractivity contribution in [3.8, 4) is 11.4 Å². The number of amides is 1. The fourth-order valence-electron chi connectivity index (χ4n) is 2.33. The van der Waals surface area contributed by atoms with E-state index in [0.717, 1.165) is 11.4 Å². The summed E-state index contributed by atoms with van der Waals surface area (Å²) in [6.07, 6.45) is 0. The topological polar surface area (TPSA) is 56.1 Å². The van der Waals surface area contributed by atoms with Crippen molar-refractivity contribution in [1.29, 1.82) is 0 Å². The Morgan fingerprint density at radius 2 is 1.80 bits per heavy atom. The van der Waals surface area contributed by atoms with Crippen molar-refractivity contribution < 1.29 is 18.3 Å².